The van der Waals surface area contributed by atoms with Gasteiger partial charge in [-0.2, -0.15) is 0 Å². The van der Waals surface area contributed by atoms with Crippen molar-refractivity contribution in [2.24, 2.45) is 5.84 Å². The van der Waals surface area contributed by atoms with Crippen molar-refractivity contribution in [2.45, 2.75) is 18.9 Å². The quantitative estimate of drug-likeness (QED) is 0.509. The van der Waals surface area contributed by atoms with Gasteiger partial charge in [0.25, 0.3) is 0 Å². The monoisotopic (exact) mass is 251 g/mol. The highest BCUT2D eigenvalue weighted by molar-refractivity contribution is 5.74. The third-order valence-corrected chi connectivity index (χ3v) is 3.57. The Labute approximate surface area is 107 Å². The zero-order valence-electron chi connectivity index (χ0n) is 10.9. The second-order valence-corrected chi connectivity index (χ2v) is 4.75. The van der Waals surface area contributed by atoms with Crippen LogP contribution in [0.1, 0.15) is 12.8 Å². The molecule has 0 bridgehead atoms. The molecule has 7 nitrogen and oxygen atoms in total. The van der Waals surface area contributed by atoms with Crippen LogP contribution in [0, 0.1) is 0 Å². The second kappa shape index (κ2) is 5.36. The van der Waals surface area contributed by atoms with Crippen LogP contribution in [0.25, 0.3) is 0 Å². The van der Waals surface area contributed by atoms with E-state index in [0.29, 0.717) is 17.5 Å². The van der Waals surface area contributed by atoms with Crippen LogP contribution in [-0.4, -0.2) is 48.1 Å². The van der Waals surface area contributed by atoms with Crippen molar-refractivity contribution in [3.8, 4) is 0 Å². The minimum atomic E-state index is 0.462. The molecule has 0 amide bonds. The van der Waals surface area contributed by atoms with Crippen LogP contribution >= 0.6 is 0 Å². The molecule has 18 heavy (non-hydrogen) atoms. The van der Waals surface area contributed by atoms with Crippen molar-refractivity contribution in [3.63, 3.8) is 0 Å². The normalized spacial score (nSPS) is 17.7. The van der Waals surface area contributed by atoms with Crippen LogP contribution in [0.3, 0.4) is 0 Å². The van der Waals surface area contributed by atoms with E-state index in [0.717, 1.165) is 31.7 Å². The molecule has 1 fully saturated rings. The molecule has 100 valence electrons. The van der Waals surface area contributed by atoms with Gasteiger partial charge in [0.2, 0.25) is 0 Å². The first-order chi connectivity index (χ1) is 8.63. The second-order valence-electron chi connectivity index (χ2n) is 4.75. The van der Waals surface area contributed by atoms with Gasteiger partial charge in [-0.1, -0.05) is 0 Å². The lowest BCUT2D eigenvalue weighted by Gasteiger charge is -2.36. The minimum Gasteiger partial charge on any atom is -0.393 e. The van der Waals surface area contributed by atoms with E-state index in [4.69, 9.17) is 11.6 Å². The lowest BCUT2D eigenvalue weighted by molar-refractivity contribution is 0.252. The maximum atomic E-state index is 6.01. The molecular weight excluding hydrogens is 230 g/mol. The van der Waals surface area contributed by atoms with Crippen molar-refractivity contribution < 1.29 is 0 Å². The van der Waals surface area contributed by atoms with Crippen LogP contribution in [0.5, 0.6) is 0 Å². The molecule has 0 atom stereocenters. The van der Waals surface area contributed by atoms with E-state index in [9.17, 15) is 0 Å². The smallest absolute Gasteiger partial charge is 0.168 e. The first-order valence-electron chi connectivity index (χ1n) is 6.12. The van der Waals surface area contributed by atoms with Gasteiger partial charge < -0.3 is 21.0 Å². The summed E-state index contributed by atoms with van der Waals surface area (Å²) in [5.74, 6) is 6.59. The third kappa shape index (κ3) is 2.46. The minimum absolute atomic E-state index is 0.462. The molecule has 1 aromatic heterocycles. The number of likely N-dealkylation sites (tertiary alicyclic amines) is 1. The number of hydrogen-bond donors (Lipinski definition) is 3. The van der Waals surface area contributed by atoms with Crippen LogP contribution in [0.4, 0.5) is 17.3 Å². The fourth-order valence-electron chi connectivity index (χ4n) is 2.34. The van der Waals surface area contributed by atoms with Gasteiger partial charge in [0.1, 0.15) is 12.0 Å². The first kappa shape index (κ1) is 12.8. The van der Waals surface area contributed by atoms with E-state index in [1.165, 1.54) is 6.33 Å². The maximum Gasteiger partial charge on any atom is 0.168 e. The Morgan fingerprint density at radius 1 is 1.39 bits per heavy atom. The highest BCUT2D eigenvalue weighted by Gasteiger charge is 2.23. The highest BCUT2D eigenvalue weighted by Crippen LogP contribution is 2.28. The maximum absolute atomic E-state index is 6.01. The predicted molar refractivity (Wildman–Crippen MR) is 73.2 cm³/mol. The van der Waals surface area contributed by atoms with Gasteiger partial charge in [0, 0.05) is 13.1 Å². The van der Waals surface area contributed by atoms with Gasteiger partial charge in [-0.3, -0.25) is 0 Å². The molecule has 1 saturated heterocycles. The highest BCUT2D eigenvalue weighted by atomic mass is 15.3. The van der Waals surface area contributed by atoms with Gasteiger partial charge in [-0.25, -0.2) is 15.8 Å². The number of nitrogens with two attached hydrogens (primary N) is 2. The number of hydrazine groups is 1. The van der Waals surface area contributed by atoms with Gasteiger partial charge >= 0.3 is 0 Å². The average Bonchev–Trinajstić information content (AvgIpc) is 2.39. The van der Waals surface area contributed by atoms with Crippen molar-refractivity contribution in [1.82, 2.24) is 14.9 Å². The summed E-state index contributed by atoms with van der Waals surface area (Å²) in [6.45, 7) is 2.20. The molecule has 0 aromatic carbocycles. The van der Waals surface area contributed by atoms with Gasteiger partial charge in [0.15, 0.2) is 11.6 Å². The molecule has 1 aliphatic heterocycles. The Balaban J connectivity index is 2.15. The molecule has 2 heterocycles. The van der Waals surface area contributed by atoms with Gasteiger partial charge in [-0.15, -0.1) is 0 Å². The van der Waals surface area contributed by atoms with Gasteiger partial charge in [0.05, 0.1) is 0 Å². The summed E-state index contributed by atoms with van der Waals surface area (Å²) in [4.78, 5) is 12.7. The molecule has 1 aromatic rings. The first-order valence-corrected chi connectivity index (χ1v) is 6.12. The van der Waals surface area contributed by atoms with Crippen molar-refractivity contribution in [3.05, 3.63) is 6.33 Å². The number of hydrogen-bond acceptors (Lipinski definition) is 7. The van der Waals surface area contributed by atoms with E-state index in [1.54, 1.807) is 0 Å². The standard InChI is InChI=1S/C11H21N7/c1-17-5-3-8(4-6-17)18(2)11-9(12)10(16-13)14-7-15-11/h7-8H,3-6,12-13H2,1-2H3,(H,14,15,16). The SMILES string of the molecule is CN1CCC(N(C)c2ncnc(NN)c2N)CC1. The van der Waals surface area contributed by atoms with Crippen molar-refractivity contribution in [1.29, 1.82) is 0 Å². The number of nitrogen functional groups attached to an aromatic ring is 2. The Morgan fingerprint density at radius 2 is 2.06 bits per heavy atom. The molecule has 0 aliphatic carbocycles. The van der Waals surface area contributed by atoms with Crippen LogP contribution in [-0.2, 0) is 0 Å². The summed E-state index contributed by atoms with van der Waals surface area (Å²) in [5, 5.41) is 0. The molecule has 2 rings (SSSR count). The molecule has 7 heteroatoms. The van der Waals surface area contributed by atoms with E-state index in [2.05, 4.69) is 32.2 Å². The molecule has 0 spiro atoms. The average molecular weight is 251 g/mol. The summed E-state index contributed by atoms with van der Waals surface area (Å²) in [6, 6.07) is 0.462. The Bertz CT molecular complexity index is 400. The topological polar surface area (TPSA) is 96.3 Å². The van der Waals surface area contributed by atoms with Crippen molar-refractivity contribution in [2.75, 3.05) is 43.2 Å². The molecule has 5 N–H and O–H groups in total. The zero-order valence-corrected chi connectivity index (χ0v) is 10.9. The molecule has 1 aliphatic rings. The van der Waals surface area contributed by atoms with E-state index in [-0.39, 0.29) is 0 Å². The van der Waals surface area contributed by atoms with E-state index < -0.39 is 0 Å². The fourth-order valence-corrected chi connectivity index (χ4v) is 2.34. The van der Waals surface area contributed by atoms with Crippen LogP contribution in [0.2, 0.25) is 0 Å². The molecule has 0 radical (unpaired) electrons. The summed E-state index contributed by atoms with van der Waals surface area (Å²) in [6.07, 6.45) is 3.70. The third-order valence-electron chi connectivity index (χ3n) is 3.57. The largest absolute Gasteiger partial charge is 0.393 e. The number of anilines is 3. The predicted octanol–water partition coefficient (Wildman–Crippen LogP) is -0.125. The summed E-state index contributed by atoms with van der Waals surface area (Å²) >= 11 is 0. The summed E-state index contributed by atoms with van der Waals surface area (Å²) < 4.78 is 0. The number of nitrogens with zero attached hydrogens (tertiary/aromatic N) is 4. The number of nitrogens with one attached hydrogen (secondary N) is 1. The van der Waals surface area contributed by atoms with Crippen LogP contribution < -0.4 is 21.9 Å². The molecule has 0 saturated carbocycles. The number of aromatic nitrogens is 2. The Hall–Kier alpha value is -1.60. The summed E-state index contributed by atoms with van der Waals surface area (Å²) in [5.41, 5.74) is 9.00. The lowest BCUT2D eigenvalue weighted by atomic mass is 10.0. The Kier molecular flexibility index (Phi) is 3.83. The lowest BCUT2D eigenvalue weighted by Crippen LogP contribution is -2.42. The fraction of sp³-hybridized carbons (Fsp3) is 0.636. The van der Waals surface area contributed by atoms with E-state index >= 15 is 0 Å². The number of piperidine rings is 1. The van der Waals surface area contributed by atoms with E-state index in [1.807, 2.05) is 7.05 Å². The summed E-state index contributed by atoms with van der Waals surface area (Å²) in [7, 11) is 4.17. The number of rotatable bonds is 3. The van der Waals surface area contributed by atoms with Crippen molar-refractivity contribution >= 4 is 17.3 Å². The van der Waals surface area contributed by atoms with Crippen LogP contribution in [0.15, 0.2) is 6.33 Å². The zero-order chi connectivity index (χ0) is 13.1. The molecule has 0 unspecified atom stereocenters. The van der Waals surface area contributed by atoms with Gasteiger partial charge in [-0.05, 0) is 33.0 Å². The Morgan fingerprint density at radius 3 is 2.67 bits per heavy atom. The molecular formula is C11H21N7.